The van der Waals surface area contributed by atoms with Crippen LogP contribution in [-0.2, 0) is 16.4 Å². The van der Waals surface area contributed by atoms with Gasteiger partial charge in [-0.15, -0.1) is 5.10 Å². The second-order valence-electron chi connectivity index (χ2n) is 5.91. The zero-order valence-corrected chi connectivity index (χ0v) is 15.8. The topological polar surface area (TPSA) is 83.5 Å². The normalized spacial score (nSPS) is 16.2. The van der Waals surface area contributed by atoms with Gasteiger partial charge in [-0.05, 0) is 37.0 Å². The summed E-state index contributed by atoms with van der Waals surface area (Å²) in [5, 5.41) is 3.97. The maximum atomic E-state index is 12.7. The summed E-state index contributed by atoms with van der Waals surface area (Å²) in [6.45, 7) is 5.15. The SMILES string of the molecule is CCc1nnsc1C(=O)N1CCN(S(=O)(=O)c2ccc(C)cc2)CC1. The third-order valence-corrected chi connectivity index (χ3v) is 6.94. The number of aryl methyl sites for hydroxylation is 2. The molecule has 1 saturated heterocycles. The molecule has 2 aromatic rings. The van der Waals surface area contributed by atoms with Gasteiger partial charge >= 0.3 is 0 Å². The van der Waals surface area contributed by atoms with Crippen molar-refractivity contribution in [2.24, 2.45) is 0 Å². The summed E-state index contributed by atoms with van der Waals surface area (Å²) < 4.78 is 30.7. The van der Waals surface area contributed by atoms with E-state index in [-0.39, 0.29) is 23.9 Å². The van der Waals surface area contributed by atoms with E-state index >= 15 is 0 Å². The molecule has 1 aliphatic rings. The molecule has 2 heterocycles. The summed E-state index contributed by atoms with van der Waals surface area (Å²) in [4.78, 5) is 15.1. The van der Waals surface area contributed by atoms with Gasteiger partial charge in [-0.2, -0.15) is 4.31 Å². The molecule has 0 aliphatic carbocycles. The van der Waals surface area contributed by atoms with Crippen molar-refractivity contribution in [1.29, 1.82) is 0 Å². The minimum Gasteiger partial charge on any atom is -0.335 e. The number of hydrogen-bond acceptors (Lipinski definition) is 6. The highest BCUT2D eigenvalue weighted by Crippen LogP contribution is 2.20. The quantitative estimate of drug-likeness (QED) is 0.804. The summed E-state index contributed by atoms with van der Waals surface area (Å²) in [5.74, 6) is -0.112. The predicted octanol–water partition coefficient (Wildman–Crippen LogP) is 1.56. The van der Waals surface area contributed by atoms with Crippen molar-refractivity contribution in [2.75, 3.05) is 26.2 Å². The summed E-state index contributed by atoms with van der Waals surface area (Å²) in [6.07, 6.45) is 0.652. The minimum absolute atomic E-state index is 0.112. The molecule has 25 heavy (non-hydrogen) atoms. The van der Waals surface area contributed by atoms with E-state index in [0.717, 1.165) is 17.1 Å². The molecule has 0 saturated carbocycles. The van der Waals surface area contributed by atoms with Crippen molar-refractivity contribution in [2.45, 2.75) is 25.2 Å². The maximum Gasteiger partial charge on any atom is 0.267 e. The molecule has 1 amide bonds. The van der Waals surface area contributed by atoms with Crippen molar-refractivity contribution < 1.29 is 13.2 Å². The Balaban J connectivity index is 1.69. The molecular formula is C16H20N4O3S2. The molecule has 0 N–H and O–H groups in total. The molecule has 0 spiro atoms. The van der Waals surface area contributed by atoms with Crippen LogP contribution in [0.5, 0.6) is 0 Å². The second-order valence-corrected chi connectivity index (χ2v) is 8.60. The lowest BCUT2D eigenvalue weighted by Crippen LogP contribution is -2.50. The van der Waals surface area contributed by atoms with Crippen LogP contribution in [0.25, 0.3) is 0 Å². The fraction of sp³-hybridized carbons (Fsp3) is 0.438. The molecule has 9 heteroatoms. The van der Waals surface area contributed by atoms with E-state index < -0.39 is 10.0 Å². The lowest BCUT2D eigenvalue weighted by Gasteiger charge is -2.33. The fourth-order valence-electron chi connectivity index (χ4n) is 2.74. The average molecular weight is 380 g/mol. The highest BCUT2D eigenvalue weighted by molar-refractivity contribution is 7.89. The van der Waals surface area contributed by atoms with Gasteiger partial charge in [0.2, 0.25) is 10.0 Å². The number of sulfonamides is 1. The number of piperazine rings is 1. The van der Waals surface area contributed by atoms with E-state index in [1.165, 1.54) is 4.31 Å². The molecular weight excluding hydrogens is 360 g/mol. The Bertz CT molecular complexity index is 854. The Morgan fingerprint density at radius 1 is 1.16 bits per heavy atom. The highest BCUT2D eigenvalue weighted by atomic mass is 32.2. The van der Waals surface area contributed by atoms with E-state index in [0.29, 0.717) is 30.1 Å². The summed E-state index contributed by atoms with van der Waals surface area (Å²) in [5.41, 5.74) is 1.71. The van der Waals surface area contributed by atoms with E-state index in [9.17, 15) is 13.2 Å². The highest BCUT2D eigenvalue weighted by Gasteiger charge is 2.31. The van der Waals surface area contributed by atoms with Crippen molar-refractivity contribution in [1.82, 2.24) is 18.8 Å². The van der Waals surface area contributed by atoms with Gasteiger partial charge in [0.15, 0.2) is 0 Å². The van der Waals surface area contributed by atoms with Crippen LogP contribution in [0, 0.1) is 6.92 Å². The summed E-state index contributed by atoms with van der Waals surface area (Å²) in [6, 6.07) is 6.82. The van der Waals surface area contributed by atoms with E-state index in [4.69, 9.17) is 0 Å². The number of carbonyl (C=O) groups is 1. The summed E-state index contributed by atoms with van der Waals surface area (Å²) >= 11 is 1.10. The Labute approximate surface area is 151 Å². The molecule has 1 aromatic carbocycles. The van der Waals surface area contributed by atoms with Gasteiger partial charge in [0.25, 0.3) is 5.91 Å². The van der Waals surface area contributed by atoms with E-state index in [1.807, 2.05) is 13.8 Å². The first-order chi connectivity index (χ1) is 11.9. The van der Waals surface area contributed by atoms with Crippen LogP contribution in [-0.4, -0.2) is 59.3 Å². The molecule has 1 aliphatic heterocycles. The Hall–Kier alpha value is -1.84. The van der Waals surface area contributed by atoms with Gasteiger partial charge in [-0.3, -0.25) is 4.79 Å². The monoisotopic (exact) mass is 380 g/mol. The molecule has 0 bridgehead atoms. The standard InChI is InChI=1S/C16H20N4O3S2/c1-3-14-15(24-18-17-14)16(21)19-8-10-20(11-9-19)25(22,23)13-6-4-12(2)5-7-13/h4-7H,3,8-11H2,1-2H3. The van der Waals surface area contributed by atoms with Crippen LogP contribution in [0.3, 0.4) is 0 Å². The summed E-state index contributed by atoms with van der Waals surface area (Å²) in [7, 11) is -3.52. The fourth-order valence-corrected chi connectivity index (χ4v) is 4.88. The average Bonchev–Trinajstić information content (AvgIpc) is 3.10. The molecule has 1 aromatic heterocycles. The Kier molecular flexibility index (Phi) is 5.16. The molecule has 7 nitrogen and oxygen atoms in total. The first-order valence-corrected chi connectivity index (χ1v) is 10.3. The molecule has 0 unspecified atom stereocenters. The largest absolute Gasteiger partial charge is 0.335 e. The van der Waals surface area contributed by atoms with Gasteiger partial charge in [-0.1, -0.05) is 29.1 Å². The van der Waals surface area contributed by atoms with Gasteiger partial charge < -0.3 is 4.90 Å². The third kappa shape index (κ3) is 3.58. The zero-order chi connectivity index (χ0) is 18.0. The van der Waals surface area contributed by atoms with Crippen LogP contribution in [0.1, 0.15) is 27.9 Å². The molecule has 0 atom stereocenters. The van der Waals surface area contributed by atoms with Crippen LogP contribution in [0.15, 0.2) is 29.2 Å². The number of nitrogens with zero attached hydrogens (tertiary/aromatic N) is 4. The van der Waals surface area contributed by atoms with E-state index in [1.54, 1.807) is 29.2 Å². The Morgan fingerprint density at radius 3 is 2.40 bits per heavy atom. The van der Waals surface area contributed by atoms with E-state index in [2.05, 4.69) is 9.59 Å². The van der Waals surface area contributed by atoms with Crippen LogP contribution in [0.4, 0.5) is 0 Å². The van der Waals surface area contributed by atoms with Crippen molar-refractivity contribution in [3.63, 3.8) is 0 Å². The molecule has 3 rings (SSSR count). The van der Waals surface area contributed by atoms with Crippen molar-refractivity contribution >= 4 is 27.5 Å². The first kappa shape index (κ1) is 18.0. The zero-order valence-electron chi connectivity index (χ0n) is 14.2. The van der Waals surface area contributed by atoms with Crippen molar-refractivity contribution in [3.8, 4) is 0 Å². The Morgan fingerprint density at radius 2 is 1.80 bits per heavy atom. The van der Waals surface area contributed by atoms with Gasteiger partial charge in [0.1, 0.15) is 4.88 Å². The molecule has 1 fully saturated rings. The lowest BCUT2D eigenvalue weighted by atomic mass is 10.2. The lowest BCUT2D eigenvalue weighted by molar-refractivity contribution is 0.0701. The van der Waals surface area contributed by atoms with Gasteiger partial charge in [0.05, 0.1) is 10.6 Å². The number of carbonyl (C=O) groups excluding carboxylic acids is 1. The molecule has 134 valence electrons. The van der Waals surface area contributed by atoms with Crippen LogP contribution in [0.2, 0.25) is 0 Å². The molecule has 0 radical (unpaired) electrons. The number of hydrogen-bond donors (Lipinski definition) is 0. The number of aromatic nitrogens is 2. The van der Waals surface area contributed by atoms with Crippen LogP contribution >= 0.6 is 11.5 Å². The first-order valence-electron chi connectivity index (χ1n) is 8.11. The van der Waals surface area contributed by atoms with Gasteiger partial charge in [0, 0.05) is 26.2 Å². The minimum atomic E-state index is -3.52. The van der Waals surface area contributed by atoms with Gasteiger partial charge in [-0.25, -0.2) is 8.42 Å². The smallest absolute Gasteiger partial charge is 0.267 e. The predicted molar refractivity (Wildman–Crippen MR) is 95.1 cm³/mol. The van der Waals surface area contributed by atoms with Crippen LogP contribution < -0.4 is 0 Å². The number of benzene rings is 1. The third-order valence-electron chi connectivity index (χ3n) is 4.27. The number of rotatable bonds is 4. The second kappa shape index (κ2) is 7.19. The number of amides is 1. The maximum absolute atomic E-state index is 12.7. The van der Waals surface area contributed by atoms with Crippen molar-refractivity contribution in [3.05, 3.63) is 40.4 Å².